The molecule has 2 aromatic rings. The molecule has 2 aliphatic rings. The van der Waals surface area contributed by atoms with Gasteiger partial charge in [0.2, 0.25) is 0 Å². The van der Waals surface area contributed by atoms with E-state index >= 15 is 0 Å². The van der Waals surface area contributed by atoms with Crippen LogP contribution in [0.25, 0.3) is 0 Å². The monoisotopic (exact) mass is 313 g/mol. The highest BCUT2D eigenvalue weighted by Gasteiger charge is 2.22. The second kappa shape index (κ2) is 5.63. The summed E-state index contributed by atoms with van der Waals surface area (Å²) in [5, 5.41) is 4.16. The number of para-hydroxylation sites is 1. The van der Waals surface area contributed by atoms with Gasteiger partial charge in [0.1, 0.15) is 5.84 Å². The van der Waals surface area contributed by atoms with Gasteiger partial charge in [-0.25, -0.2) is 4.99 Å². The molecule has 0 radical (unpaired) electrons. The van der Waals surface area contributed by atoms with Gasteiger partial charge in [0.25, 0.3) is 0 Å². The maximum Gasteiger partial charge on any atom is 0.138 e. The van der Waals surface area contributed by atoms with Crippen LogP contribution in [-0.2, 0) is 4.74 Å². The van der Waals surface area contributed by atoms with Crippen LogP contribution in [0.1, 0.15) is 5.56 Å². The molecule has 2 aromatic carbocycles. The van der Waals surface area contributed by atoms with Crippen LogP contribution in [-0.4, -0.2) is 37.0 Å². The number of ether oxygens (including phenoxy) is 1. The Morgan fingerprint density at radius 3 is 2.73 bits per heavy atom. The number of hydrogen-bond acceptors (Lipinski definition) is 4. The van der Waals surface area contributed by atoms with Crippen molar-refractivity contribution in [2.75, 3.05) is 31.6 Å². The molecule has 22 heavy (non-hydrogen) atoms. The van der Waals surface area contributed by atoms with Crippen molar-refractivity contribution in [3.63, 3.8) is 0 Å². The number of fused-ring (bicyclic) bond motifs is 2. The van der Waals surface area contributed by atoms with Crippen LogP contribution in [0.2, 0.25) is 5.02 Å². The molecule has 1 saturated heterocycles. The summed E-state index contributed by atoms with van der Waals surface area (Å²) in [5.74, 6) is 0.979. The lowest BCUT2D eigenvalue weighted by molar-refractivity contribution is 0.0683. The minimum absolute atomic E-state index is 0.691. The number of anilines is 2. The van der Waals surface area contributed by atoms with Gasteiger partial charge in [-0.05, 0) is 30.3 Å². The van der Waals surface area contributed by atoms with Crippen LogP contribution in [0.5, 0.6) is 0 Å². The molecular weight excluding hydrogens is 298 g/mol. The Balaban J connectivity index is 1.88. The van der Waals surface area contributed by atoms with E-state index in [0.717, 1.165) is 54.8 Å². The second-order valence-corrected chi connectivity index (χ2v) is 5.80. The Hall–Kier alpha value is -2.04. The first-order chi connectivity index (χ1) is 10.8. The molecule has 2 aliphatic heterocycles. The summed E-state index contributed by atoms with van der Waals surface area (Å²) in [6.07, 6.45) is 0. The fourth-order valence-electron chi connectivity index (χ4n) is 2.83. The van der Waals surface area contributed by atoms with Crippen molar-refractivity contribution in [1.29, 1.82) is 0 Å². The number of halogens is 1. The van der Waals surface area contributed by atoms with Crippen LogP contribution >= 0.6 is 11.6 Å². The minimum Gasteiger partial charge on any atom is -0.378 e. The molecular formula is C17H16ClN3O. The molecule has 1 N–H and O–H groups in total. The summed E-state index contributed by atoms with van der Waals surface area (Å²) >= 11 is 6.14. The Kier molecular flexibility index (Phi) is 3.48. The average molecular weight is 314 g/mol. The zero-order chi connectivity index (χ0) is 14.9. The van der Waals surface area contributed by atoms with Crippen LogP contribution in [0.15, 0.2) is 47.5 Å². The van der Waals surface area contributed by atoms with E-state index in [4.69, 9.17) is 21.3 Å². The average Bonchev–Trinajstić information content (AvgIpc) is 2.72. The van der Waals surface area contributed by atoms with E-state index < -0.39 is 0 Å². The highest BCUT2D eigenvalue weighted by Crippen LogP contribution is 2.36. The number of aliphatic imine (C=N–C) groups is 1. The van der Waals surface area contributed by atoms with Gasteiger partial charge in [-0.15, -0.1) is 0 Å². The van der Waals surface area contributed by atoms with Crippen LogP contribution < -0.4 is 5.32 Å². The Labute approximate surface area is 134 Å². The molecule has 0 unspecified atom stereocenters. The molecule has 0 atom stereocenters. The molecule has 0 bridgehead atoms. The second-order valence-electron chi connectivity index (χ2n) is 5.37. The molecule has 5 heteroatoms. The molecule has 2 heterocycles. The van der Waals surface area contributed by atoms with Gasteiger partial charge in [0.15, 0.2) is 0 Å². The number of hydrogen-bond donors (Lipinski definition) is 1. The Morgan fingerprint density at radius 1 is 1.05 bits per heavy atom. The molecule has 4 rings (SSSR count). The third kappa shape index (κ3) is 2.45. The smallest absolute Gasteiger partial charge is 0.138 e. The third-order valence-electron chi connectivity index (χ3n) is 3.93. The van der Waals surface area contributed by atoms with Gasteiger partial charge in [0, 0.05) is 29.4 Å². The zero-order valence-electron chi connectivity index (χ0n) is 12.1. The normalized spacial score (nSPS) is 17.0. The quantitative estimate of drug-likeness (QED) is 0.803. The van der Waals surface area contributed by atoms with Crippen molar-refractivity contribution in [1.82, 2.24) is 4.90 Å². The number of rotatable bonds is 0. The van der Waals surface area contributed by atoms with Crippen molar-refractivity contribution >= 4 is 34.5 Å². The molecule has 112 valence electrons. The summed E-state index contributed by atoms with van der Waals surface area (Å²) in [5.41, 5.74) is 4.01. The Bertz CT molecular complexity index is 738. The van der Waals surface area contributed by atoms with E-state index in [9.17, 15) is 0 Å². The summed E-state index contributed by atoms with van der Waals surface area (Å²) < 4.78 is 5.46. The lowest BCUT2D eigenvalue weighted by Crippen LogP contribution is -2.41. The van der Waals surface area contributed by atoms with Crippen LogP contribution in [0, 0.1) is 0 Å². The molecule has 0 saturated carbocycles. The maximum absolute atomic E-state index is 6.14. The molecule has 1 fully saturated rings. The highest BCUT2D eigenvalue weighted by atomic mass is 35.5. The van der Waals surface area contributed by atoms with Gasteiger partial charge >= 0.3 is 0 Å². The van der Waals surface area contributed by atoms with Crippen molar-refractivity contribution in [3.05, 3.63) is 53.1 Å². The van der Waals surface area contributed by atoms with Gasteiger partial charge in [-0.3, -0.25) is 0 Å². The fourth-order valence-corrected chi connectivity index (χ4v) is 2.99. The first kappa shape index (κ1) is 13.6. The summed E-state index contributed by atoms with van der Waals surface area (Å²) in [6.45, 7) is 3.17. The summed E-state index contributed by atoms with van der Waals surface area (Å²) in [6, 6.07) is 14.0. The van der Waals surface area contributed by atoms with Gasteiger partial charge in [-0.2, -0.15) is 0 Å². The van der Waals surface area contributed by atoms with E-state index in [1.54, 1.807) is 0 Å². The van der Waals surface area contributed by atoms with E-state index in [1.807, 2.05) is 30.3 Å². The van der Waals surface area contributed by atoms with Crippen LogP contribution in [0.4, 0.5) is 17.1 Å². The number of nitrogens with zero attached hydrogens (tertiary/aromatic N) is 2. The van der Waals surface area contributed by atoms with E-state index in [0.29, 0.717) is 5.02 Å². The van der Waals surface area contributed by atoms with Crippen molar-refractivity contribution < 1.29 is 4.74 Å². The lowest BCUT2D eigenvalue weighted by atomic mass is 10.1. The third-order valence-corrected chi connectivity index (χ3v) is 4.17. The van der Waals surface area contributed by atoms with Gasteiger partial charge < -0.3 is 15.0 Å². The fraction of sp³-hybridized carbons (Fsp3) is 0.235. The highest BCUT2D eigenvalue weighted by molar-refractivity contribution is 6.31. The van der Waals surface area contributed by atoms with Gasteiger partial charge in [-0.1, -0.05) is 23.7 Å². The minimum atomic E-state index is 0.691. The van der Waals surface area contributed by atoms with E-state index in [-0.39, 0.29) is 0 Å². The van der Waals surface area contributed by atoms with Crippen LogP contribution in [0.3, 0.4) is 0 Å². The first-order valence-electron chi connectivity index (χ1n) is 7.38. The lowest BCUT2D eigenvalue weighted by Gasteiger charge is -2.30. The number of nitrogens with one attached hydrogen (secondary N) is 1. The van der Waals surface area contributed by atoms with Gasteiger partial charge in [0.05, 0.1) is 24.6 Å². The summed E-state index contributed by atoms with van der Waals surface area (Å²) in [4.78, 5) is 7.18. The molecule has 0 aliphatic carbocycles. The molecule has 0 aromatic heterocycles. The Morgan fingerprint density at radius 2 is 1.86 bits per heavy atom. The van der Waals surface area contributed by atoms with Crippen molar-refractivity contribution in [2.24, 2.45) is 4.99 Å². The van der Waals surface area contributed by atoms with Crippen molar-refractivity contribution in [2.45, 2.75) is 0 Å². The topological polar surface area (TPSA) is 36.9 Å². The SMILES string of the molecule is Clc1ccc2c(c1)N=C(N1CCOCC1)c1ccccc1N2. The number of morpholine rings is 1. The first-order valence-corrected chi connectivity index (χ1v) is 7.76. The number of benzene rings is 2. The predicted octanol–water partition coefficient (Wildman–Crippen LogP) is 3.81. The maximum atomic E-state index is 6.14. The van der Waals surface area contributed by atoms with E-state index in [1.165, 1.54) is 0 Å². The van der Waals surface area contributed by atoms with Crippen molar-refractivity contribution in [3.8, 4) is 0 Å². The molecule has 4 nitrogen and oxygen atoms in total. The number of amidine groups is 1. The predicted molar refractivity (Wildman–Crippen MR) is 89.8 cm³/mol. The largest absolute Gasteiger partial charge is 0.378 e. The summed E-state index contributed by atoms with van der Waals surface area (Å²) in [7, 11) is 0. The standard InChI is InChI=1S/C17H16ClN3O/c18-12-5-6-15-16(11-12)20-17(21-7-9-22-10-8-21)13-3-1-2-4-14(13)19-15/h1-6,11,19H,7-10H2. The zero-order valence-corrected chi connectivity index (χ0v) is 12.8. The van der Waals surface area contributed by atoms with E-state index in [2.05, 4.69) is 22.3 Å². The molecule has 0 spiro atoms. The molecule has 0 amide bonds.